The molecule has 5 nitrogen and oxygen atoms in total. The van der Waals surface area contributed by atoms with Crippen molar-refractivity contribution < 1.29 is 9.90 Å². The topological polar surface area (TPSA) is 56.7 Å². The van der Waals surface area contributed by atoms with E-state index in [1.165, 1.54) is 0 Å². The molecular formula is C19H25N3O2. The van der Waals surface area contributed by atoms with Crippen molar-refractivity contribution in [3.8, 4) is 0 Å². The molecule has 0 bridgehead atoms. The number of benzene rings is 1. The van der Waals surface area contributed by atoms with E-state index < -0.39 is 5.60 Å². The van der Waals surface area contributed by atoms with Gasteiger partial charge in [-0.2, -0.15) is 0 Å². The van der Waals surface area contributed by atoms with Crippen LogP contribution in [-0.2, 0) is 11.3 Å². The lowest BCUT2D eigenvalue weighted by Gasteiger charge is -2.30. The number of anilines is 1. The highest BCUT2D eigenvalue weighted by Gasteiger charge is 2.21. The van der Waals surface area contributed by atoms with E-state index in [0.29, 0.717) is 13.1 Å². The van der Waals surface area contributed by atoms with E-state index >= 15 is 0 Å². The van der Waals surface area contributed by atoms with Gasteiger partial charge in [0.15, 0.2) is 0 Å². The predicted molar refractivity (Wildman–Crippen MR) is 95.7 cm³/mol. The molecule has 0 spiro atoms. The van der Waals surface area contributed by atoms with E-state index in [1.54, 1.807) is 38.2 Å². The molecule has 24 heavy (non-hydrogen) atoms. The first-order chi connectivity index (χ1) is 11.3. The molecule has 0 atom stereocenters. The molecule has 2 rings (SSSR count). The molecule has 128 valence electrons. The summed E-state index contributed by atoms with van der Waals surface area (Å²) in [4.78, 5) is 20.3. The molecule has 0 aliphatic heterocycles. The third kappa shape index (κ3) is 5.66. The number of para-hydroxylation sites is 1. The molecule has 0 saturated heterocycles. The minimum absolute atomic E-state index is 0.0372. The maximum Gasteiger partial charge on any atom is 0.241 e. The number of hydrogen-bond donors (Lipinski definition) is 1. The summed E-state index contributed by atoms with van der Waals surface area (Å²) in [5.41, 5.74) is 1.11. The zero-order valence-electron chi connectivity index (χ0n) is 14.5. The number of pyridine rings is 1. The van der Waals surface area contributed by atoms with Crippen LogP contribution in [0, 0.1) is 0 Å². The number of nitrogens with zero attached hydrogens (tertiary/aromatic N) is 3. The van der Waals surface area contributed by atoms with Crippen LogP contribution >= 0.6 is 0 Å². The fourth-order valence-electron chi connectivity index (χ4n) is 2.54. The van der Waals surface area contributed by atoms with E-state index in [9.17, 15) is 9.90 Å². The number of carbonyl (C=O) groups excluding carboxylic acids is 1. The van der Waals surface area contributed by atoms with E-state index in [4.69, 9.17) is 0 Å². The second-order valence-electron chi connectivity index (χ2n) is 6.62. The highest BCUT2D eigenvalue weighted by atomic mass is 16.3. The van der Waals surface area contributed by atoms with Gasteiger partial charge in [-0.3, -0.25) is 9.78 Å². The number of aromatic nitrogens is 1. The number of hydrogen-bond acceptors (Lipinski definition) is 4. The molecule has 1 N–H and O–H groups in total. The van der Waals surface area contributed by atoms with Gasteiger partial charge in [0.2, 0.25) is 5.91 Å². The fraction of sp³-hybridized carbons (Fsp3) is 0.368. The lowest BCUT2D eigenvalue weighted by Crippen LogP contribution is -2.44. The molecule has 1 aromatic carbocycles. The van der Waals surface area contributed by atoms with E-state index in [2.05, 4.69) is 4.98 Å². The minimum Gasteiger partial charge on any atom is -0.389 e. The summed E-state index contributed by atoms with van der Waals surface area (Å²) in [6, 6.07) is 13.7. The van der Waals surface area contributed by atoms with Crippen LogP contribution in [0.5, 0.6) is 0 Å². The quantitative estimate of drug-likeness (QED) is 0.848. The number of carbonyl (C=O) groups is 1. The molecule has 0 aliphatic rings. The van der Waals surface area contributed by atoms with Crippen molar-refractivity contribution in [3.05, 3.63) is 60.4 Å². The smallest absolute Gasteiger partial charge is 0.241 e. The summed E-state index contributed by atoms with van der Waals surface area (Å²) < 4.78 is 0. The first kappa shape index (κ1) is 17.9. The highest BCUT2D eigenvalue weighted by molar-refractivity contribution is 5.81. The second-order valence-corrected chi connectivity index (χ2v) is 6.62. The highest BCUT2D eigenvalue weighted by Crippen LogP contribution is 2.17. The Morgan fingerprint density at radius 2 is 1.88 bits per heavy atom. The zero-order chi connectivity index (χ0) is 17.6. The average molecular weight is 327 g/mol. The SMILES string of the molecule is CN(CC(C)(C)O)C(=O)CN(Cc1cccnc1)c1ccccc1. The molecule has 1 amide bonds. The number of likely N-dealkylation sites (N-methyl/N-ethyl adjacent to an activating group) is 1. The summed E-state index contributed by atoms with van der Waals surface area (Å²) in [7, 11) is 1.72. The van der Waals surface area contributed by atoms with Crippen molar-refractivity contribution in [2.45, 2.75) is 26.0 Å². The van der Waals surface area contributed by atoms with Crippen molar-refractivity contribution in [1.29, 1.82) is 0 Å². The Balaban J connectivity index is 2.13. The van der Waals surface area contributed by atoms with E-state index in [0.717, 1.165) is 11.3 Å². The molecular weight excluding hydrogens is 302 g/mol. The summed E-state index contributed by atoms with van der Waals surface area (Å²) in [5.74, 6) is -0.0372. The third-order valence-corrected chi connectivity index (χ3v) is 3.59. The van der Waals surface area contributed by atoms with Gasteiger partial charge in [0.25, 0.3) is 0 Å². The van der Waals surface area contributed by atoms with Gasteiger partial charge in [-0.25, -0.2) is 0 Å². The molecule has 5 heteroatoms. The van der Waals surface area contributed by atoms with Gasteiger partial charge in [0.05, 0.1) is 12.1 Å². The largest absolute Gasteiger partial charge is 0.389 e. The lowest BCUT2D eigenvalue weighted by atomic mass is 10.1. The van der Waals surface area contributed by atoms with Gasteiger partial charge in [-0.1, -0.05) is 24.3 Å². The third-order valence-electron chi connectivity index (χ3n) is 3.59. The molecule has 0 aliphatic carbocycles. The van der Waals surface area contributed by atoms with Gasteiger partial charge in [-0.15, -0.1) is 0 Å². The van der Waals surface area contributed by atoms with Crippen LogP contribution in [0.3, 0.4) is 0 Å². The van der Waals surface area contributed by atoms with Crippen molar-refractivity contribution in [3.63, 3.8) is 0 Å². The lowest BCUT2D eigenvalue weighted by molar-refractivity contribution is -0.131. The standard InChI is InChI=1S/C19H25N3O2/c1-19(2,24)15-21(3)18(23)14-22(17-9-5-4-6-10-17)13-16-8-7-11-20-12-16/h4-12,24H,13-15H2,1-3H3. The van der Waals surface area contributed by atoms with Crippen LogP contribution in [0.1, 0.15) is 19.4 Å². The normalized spacial score (nSPS) is 11.2. The van der Waals surface area contributed by atoms with Crippen molar-refractivity contribution in [2.24, 2.45) is 0 Å². The Labute approximate surface area is 143 Å². The van der Waals surface area contributed by atoms with Crippen LogP contribution in [0.25, 0.3) is 0 Å². The maximum absolute atomic E-state index is 12.6. The predicted octanol–water partition coefficient (Wildman–Crippen LogP) is 2.32. The molecule has 1 heterocycles. The van der Waals surface area contributed by atoms with Crippen molar-refractivity contribution >= 4 is 11.6 Å². The fourth-order valence-corrected chi connectivity index (χ4v) is 2.54. The summed E-state index contributed by atoms with van der Waals surface area (Å²) in [5, 5.41) is 9.91. The summed E-state index contributed by atoms with van der Waals surface area (Å²) >= 11 is 0. The molecule has 0 fully saturated rings. The Hall–Kier alpha value is -2.40. The molecule has 2 aromatic rings. The van der Waals surface area contributed by atoms with Gasteiger partial charge >= 0.3 is 0 Å². The Morgan fingerprint density at radius 3 is 2.46 bits per heavy atom. The minimum atomic E-state index is -0.911. The van der Waals surface area contributed by atoms with Crippen LogP contribution in [0.15, 0.2) is 54.9 Å². The van der Waals surface area contributed by atoms with Crippen LogP contribution in [-0.4, -0.2) is 46.6 Å². The maximum atomic E-state index is 12.6. The number of aliphatic hydroxyl groups is 1. The van der Waals surface area contributed by atoms with Crippen molar-refractivity contribution in [2.75, 3.05) is 25.0 Å². The first-order valence-electron chi connectivity index (χ1n) is 8.00. The van der Waals surface area contributed by atoms with Gasteiger partial charge in [0, 0.05) is 38.2 Å². The first-order valence-corrected chi connectivity index (χ1v) is 8.00. The molecule has 0 radical (unpaired) electrons. The van der Waals surface area contributed by atoms with Crippen molar-refractivity contribution in [1.82, 2.24) is 9.88 Å². The monoisotopic (exact) mass is 327 g/mol. The zero-order valence-corrected chi connectivity index (χ0v) is 14.5. The number of amides is 1. The molecule has 0 saturated carbocycles. The Kier molecular flexibility index (Phi) is 5.93. The van der Waals surface area contributed by atoms with Gasteiger partial charge < -0.3 is 14.9 Å². The second kappa shape index (κ2) is 7.93. The van der Waals surface area contributed by atoms with Gasteiger partial charge in [-0.05, 0) is 37.6 Å². The molecule has 0 unspecified atom stereocenters. The summed E-state index contributed by atoms with van der Waals surface area (Å²) in [6.07, 6.45) is 3.54. The Morgan fingerprint density at radius 1 is 1.17 bits per heavy atom. The molecule has 1 aromatic heterocycles. The van der Waals surface area contributed by atoms with Gasteiger partial charge in [0.1, 0.15) is 0 Å². The van der Waals surface area contributed by atoms with Crippen LogP contribution in [0.4, 0.5) is 5.69 Å². The van der Waals surface area contributed by atoms with Crippen LogP contribution < -0.4 is 4.90 Å². The van der Waals surface area contributed by atoms with Crippen LogP contribution in [0.2, 0.25) is 0 Å². The Bertz CT molecular complexity index is 639. The average Bonchev–Trinajstić information content (AvgIpc) is 2.54. The van der Waals surface area contributed by atoms with E-state index in [1.807, 2.05) is 47.4 Å². The van der Waals surface area contributed by atoms with E-state index in [-0.39, 0.29) is 12.5 Å². The number of rotatable bonds is 7. The summed E-state index contributed by atoms with van der Waals surface area (Å²) in [6.45, 7) is 4.52.